The van der Waals surface area contributed by atoms with Gasteiger partial charge in [0.25, 0.3) is 0 Å². The molecule has 82 valence electrons. The van der Waals surface area contributed by atoms with Crippen LogP contribution in [0.25, 0.3) is 0 Å². The highest BCUT2D eigenvalue weighted by molar-refractivity contribution is 5.28. The van der Waals surface area contributed by atoms with Gasteiger partial charge in [0, 0.05) is 32.4 Å². The molecular weight excluding hydrogens is 190 g/mol. The molecule has 4 heteroatoms. The Morgan fingerprint density at radius 1 is 1.67 bits per heavy atom. The Labute approximate surface area is 90.1 Å². The SMILES string of the molecule is CC(CCO)NCc1cc(C#N)n(C)c1. The van der Waals surface area contributed by atoms with Crippen LogP contribution >= 0.6 is 0 Å². The number of aryl methyl sites for hydroxylation is 1. The number of hydrogen-bond donors (Lipinski definition) is 2. The number of nitrogens with one attached hydrogen (secondary N) is 1. The number of nitriles is 1. The lowest BCUT2D eigenvalue weighted by Crippen LogP contribution is -2.26. The number of aromatic nitrogens is 1. The fourth-order valence-corrected chi connectivity index (χ4v) is 1.43. The molecule has 0 aliphatic heterocycles. The molecule has 1 aromatic heterocycles. The van der Waals surface area contributed by atoms with E-state index in [0.717, 1.165) is 18.5 Å². The molecule has 1 rings (SSSR count). The Balaban J connectivity index is 2.48. The van der Waals surface area contributed by atoms with E-state index < -0.39 is 0 Å². The molecule has 0 aliphatic carbocycles. The van der Waals surface area contributed by atoms with Gasteiger partial charge in [-0.15, -0.1) is 0 Å². The standard InChI is InChI=1S/C11H17N3O/c1-9(3-4-15)13-7-10-5-11(6-12)14(2)8-10/h5,8-9,13,15H,3-4,7H2,1-2H3. The van der Waals surface area contributed by atoms with Crippen LogP contribution in [0, 0.1) is 11.3 Å². The van der Waals surface area contributed by atoms with Crippen molar-refractivity contribution < 1.29 is 5.11 Å². The van der Waals surface area contributed by atoms with Crippen molar-refractivity contribution in [2.45, 2.75) is 25.9 Å². The fraction of sp³-hybridized carbons (Fsp3) is 0.545. The Morgan fingerprint density at radius 3 is 2.93 bits per heavy atom. The van der Waals surface area contributed by atoms with Gasteiger partial charge in [0.1, 0.15) is 11.8 Å². The summed E-state index contributed by atoms with van der Waals surface area (Å²) < 4.78 is 1.81. The van der Waals surface area contributed by atoms with Crippen LogP contribution in [0.4, 0.5) is 0 Å². The molecule has 0 radical (unpaired) electrons. The quantitative estimate of drug-likeness (QED) is 0.749. The zero-order valence-corrected chi connectivity index (χ0v) is 9.20. The minimum Gasteiger partial charge on any atom is -0.396 e. The zero-order chi connectivity index (χ0) is 11.3. The van der Waals surface area contributed by atoms with Gasteiger partial charge in [-0.25, -0.2) is 0 Å². The van der Waals surface area contributed by atoms with E-state index in [2.05, 4.69) is 11.4 Å². The molecule has 0 saturated carbocycles. The van der Waals surface area contributed by atoms with Gasteiger partial charge in [0.05, 0.1) is 0 Å². The molecule has 0 aliphatic rings. The summed E-state index contributed by atoms with van der Waals surface area (Å²) in [5.74, 6) is 0. The van der Waals surface area contributed by atoms with E-state index in [0.29, 0.717) is 11.7 Å². The van der Waals surface area contributed by atoms with Gasteiger partial charge in [-0.3, -0.25) is 0 Å². The summed E-state index contributed by atoms with van der Waals surface area (Å²) >= 11 is 0. The molecule has 4 nitrogen and oxygen atoms in total. The molecule has 1 aromatic rings. The van der Waals surface area contributed by atoms with Crippen molar-refractivity contribution in [2.75, 3.05) is 6.61 Å². The van der Waals surface area contributed by atoms with Crippen molar-refractivity contribution in [1.82, 2.24) is 9.88 Å². The topological polar surface area (TPSA) is 61.0 Å². The van der Waals surface area contributed by atoms with Crippen LogP contribution < -0.4 is 5.32 Å². The average molecular weight is 207 g/mol. The molecule has 0 spiro atoms. The molecule has 15 heavy (non-hydrogen) atoms. The van der Waals surface area contributed by atoms with Crippen LogP contribution in [-0.4, -0.2) is 22.3 Å². The maximum absolute atomic E-state index is 8.77. The minimum absolute atomic E-state index is 0.201. The predicted molar refractivity (Wildman–Crippen MR) is 58.1 cm³/mol. The van der Waals surface area contributed by atoms with Crippen molar-refractivity contribution in [3.8, 4) is 6.07 Å². The lowest BCUT2D eigenvalue weighted by molar-refractivity contribution is 0.268. The molecule has 1 heterocycles. The average Bonchev–Trinajstić information content (AvgIpc) is 2.56. The Kier molecular flexibility index (Phi) is 4.35. The first-order chi connectivity index (χ1) is 7.17. The van der Waals surface area contributed by atoms with Crippen molar-refractivity contribution in [3.05, 3.63) is 23.5 Å². The third-order valence-electron chi connectivity index (χ3n) is 2.39. The van der Waals surface area contributed by atoms with Gasteiger partial charge >= 0.3 is 0 Å². The number of aliphatic hydroxyl groups excluding tert-OH is 1. The highest BCUT2D eigenvalue weighted by atomic mass is 16.3. The first-order valence-corrected chi connectivity index (χ1v) is 5.07. The summed E-state index contributed by atoms with van der Waals surface area (Å²) in [7, 11) is 1.86. The second-order valence-electron chi connectivity index (χ2n) is 3.75. The first-order valence-electron chi connectivity index (χ1n) is 5.07. The van der Waals surface area contributed by atoms with Gasteiger partial charge in [0.15, 0.2) is 0 Å². The second kappa shape index (κ2) is 5.54. The van der Waals surface area contributed by atoms with E-state index in [1.54, 1.807) is 0 Å². The summed E-state index contributed by atoms with van der Waals surface area (Å²) in [6, 6.07) is 4.29. The molecule has 0 saturated heterocycles. The summed E-state index contributed by atoms with van der Waals surface area (Å²) in [5.41, 5.74) is 1.76. The van der Waals surface area contributed by atoms with Crippen molar-refractivity contribution in [3.63, 3.8) is 0 Å². The number of aliphatic hydroxyl groups is 1. The van der Waals surface area contributed by atoms with E-state index in [-0.39, 0.29) is 6.61 Å². The van der Waals surface area contributed by atoms with Gasteiger partial charge in [0.2, 0.25) is 0 Å². The molecule has 0 aromatic carbocycles. The highest BCUT2D eigenvalue weighted by Crippen LogP contribution is 2.06. The molecule has 1 unspecified atom stereocenters. The van der Waals surface area contributed by atoms with Crippen molar-refractivity contribution in [2.24, 2.45) is 7.05 Å². The monoisotopic (exact) mass is 207 g/mol. The van der Waals surface area contributed by atoms with Gasteiger partial charge in [-0.05, 0) is 25.0 Å². The smallest absolute Gasteiger partial charge is 0.120 e. The molecule has 2 N–H and O–H groups in total. The van der Waals surface area contributed by atoms with E-state index in [9.17, 15) is 0 Å². The van der Waals surface area contributed by atoms with Crippen LogP contribution in [-0.2, 0) is 13.6 Å². The van der Waals surface area contributed by atoms with E-state index in [1.807, 2.05) is 30.8 Å². The molecular formula is C11H17N3O. The molecule has 1 atom stereocenters. The van der Waals surface area contributed by atoms with Gasteiger partial charge in [-0.1, -0.05) is 0 Å². The lowest BCUT2D eigenvalue weighted by atomic mass is 10.2. The minimum atomic E-state index is 0.201. The second-order valence-corrected chi connectivity index (χ2v) is 3.75. The predicted octanol–water partition coefficient (Wildman–Crippen LogP) is 0.757. The van der Waals surface area contributed by atoms with Crippen molar-refractivity contribution in [1.29, 1.82) is 5.26 Å². The highest BCUT2D eigenvalue weighted by Gasteiger charge is 2.04. The maximum Gasteiger partial charge on any atom is 0.120 e. The summed E-state index contributed by atoms with van der Waals surface area (Å²) in [5, 5.41) is 20.8. The summed E-state index contributed by atoms with van der Waals surface area (Å²) in [4.78, 5) is 0. The Bertz CT molecular complexity index is 351. The number of rotatable bonds is 5. The number of hydrogen-bond acceptors (Lipinski definition) is 3. The summed E-state index contributed by atoms with van der Waals surface area (Å²) in [6.45, 7) is 2.97. The molecule has 0 fully saturated rings. The third kappa shape index (κ3) is 3.39. The third-order valence-corrected chi connectivity index (χ3v) is 2.39. The van der Waals surface area contributed by atoms with E-state index in [4.69, 9.17) is 10.4 Å². The van der Waals surface area contributed by atoms with Crippen LogP contribution in [0.5, 0.6) is 0 Å². The van der Waals surface area contributed by atoms with Crippen LogP contribution in [0.1, 0.15) is 24.6 Å². The van der Waals surface area contributed by atoms with Crippen LogP contribution in [0.15, 0.2) is 12.3 Å². The van der Waals surface area contributed by atoms with E-state index in [1.165, 1.54) is 0 Å². The molecule has 0 amide bonds. The largest absolute Gasteiger partial charge is 0.396 e. The summed E-state index contributed by atoms with van der Waals surface area (Å²) in [6.07, 6.45) is 2.69. The van der Waals surface area contributed by atoms with Gasteiger partial charge < -0.3 is 15.0 Å². The van der Waals surface area contributed by atoms with Crippen LogP contribution in [0.2, 0.25) is 0 Å². The molecule has 0 bridgehead atoms. The first kappa shape index (κ1) is 11.8. The normalized spacial score (nSPS) is 12.4. The Morgan fingerprint density at radius 2 is 2.40 bits per heavy atom. The van der Waals surface area contributed by atoms with Crippen molar-refractivity contribution >= 4 is 0 Å². The van der Waals surface area contributed by atoms with E-state index >= 15 is 0 Å². The lowest BCUT2D eigenvalue weighted by Gasteiger charge is -2.10. The fourth-order valence-electron chi connectivity index (χ4n) is 1.43. The maximum atomic E-state index is 8.77. The number of nitrogens with zero attached hydrogens (tertiary/aromatic N) is 2. The Hall–Kier alpha value is -1.31. The zero-order valence-electron chi connectivity index (χ0n) is 9.20. The van der Waals surface area contributed by atoms with Crippen LogP contribution in [0.3, 0.4) is 0 Å². The van der Waals surface area contributed by atoms with Gasteiger partial charge in [-0.2, -0.15) is 5.26 Å².